The summed E-state index contributed by atoms with van der Waals surface area (Å²) in [6, 6.07) is 0. The van der Waals surface area contributed by atoms with Crippen LogP contribution in [0.5, 0.6) is 0 Å². The SMILES string of the molecule is C[C@@H]1C[C@H](OC(=O)[C@@](C)(O)CCl)C2=C(CO)C(=O)OC2=C[C@@]2(C)CC[C@]1(O)O2. The molecule has 0 amide bonds. The lowest BCUT2D eigenvalue weighted by Crippen LogP contribution is -2.43. The lowest BCUT2D eigenvalue weighted by atomic mass is 9.85. The van der Waals surface area contributed by atoms with Gasteiger partial charge in [0.25, 0.3) is 0 Å². The van der Waals surface area contributed by atoms with Gasteiger partial charge in [0.1, 0.15) is 11.9 Å². The van der Waals surface area contributed by atoms with Crippen molar-refractivity contribution in [2.24, 2.45) is 5.92 Å². The second-order valence-electron chi connectivity index (χ2n) is 8.15. The van der Waals surface area contributed by atoms with Crippen LogP contribution in [0, 0.1) is 5.92 Å². The highest BCUT2D eigenvalue weighted by molar-refractivity contribution is 6.20. The highest BCUT2D eigenvalue weighted by Crippen LogP contribution is 2.47. The van der Waals surface area contributed by atoms with E-state index in [9.17, 15) is 24.9 Å². The quantitative estimate of drug-likeness (QED) is 0.456. The molecule has 3 heterocycles. The Hall–Kier alpha value is -1.45. The van der Waals surface area contributed by atoms with Gasteiger partial charge in [0.05, 0.1) is 23.7 Å². The van der Waals surface area contributed by atoms with Crippen molar-refractivity contribution in [1.29, 1.82) is 0 Å². The molecule has 0 aliphatic carbocycles. The highest BCUT2D eigenvalue weighted by Gasteiger charge is 2.52. The molecule has 8 nitrogen and oxygen atoms in total. The third kappa shape index (κ3) is 3.59. The fraction of sp³-hybridized carbons (Fsp3) is 0.684. The number of rotatable bonds is 4. The number of ether oxygens (including phenoxy) is 3. The van der Waals surface area contributed by atoms with E-state index in [0.29, 0.717) is 12.8 Å². The van der Waals surface area contributed by atoms with E-state index in [4.69, 9.17) is 25.8 Å². The minimum absolute atomic E-state index is 0.0323. The van der Waals surface area contributed by atoms with E-state index >= 15 is 0 Å². The maximum Gasteiger partial charge on any atom is 0.342 e. The molecule has 3 N–H and O–H groups in total. The van der Waals surface area contributed by atoms with E-state index in [2.05, 4.69) is 0 Å². The second kappa shape index (κ2) is 7.11. The molecule has 3 rings (SSSR count). The van der Waals surface area contributed by atoms with Crippen molar-refractivity contribution in [3.8, 4) is 0 Å². The van der Waals surface area contributed by atoms with Gasteiger partial charge >= 0.3 is 11.9 Å². The number of fused-ring (bicyclic) bond motifs is 3. The topological polar surface area (TPSA) is 123 Å². The summed E-state index contributed by atoms with van der Waals surface area (Å²) in [7, 11) is 0. The molecule has 0 aromatic heterocycles. The molecule has 28 heavy (non-hydrogen) atoms. The van der Waals surface area contributed by atoms with Gasteiger partial charge in [-0.1, -0.05) is 6.92 Å². The molecule has 0 radical (unpaired) electrons. The van der Waals surface area contributed by atoms with Crippen LogP contribution in [-0.2, 0) is 23.8 Å². The van der Waals surface area contributed by atoms with Crippen LogP contribution in [-0.4, -0.2) is 62.8 Å². The maximum atomic E-state index is 12.4. The smallest absolute Gasteiger partial charge is 0.342 e. The Morgan fingerprint density at radius 2 is 2.14 bits per heavy atom. The van der Waals surface area contributed by atoms with Crippen molar-refractivity contribution in [1.82, 2.24) is 0 Å². The summed E-state index contributed by atoms with van der Waals surface area (Å²) in [5, 5.41) is 30.8. The summed E-state index contributed by atoms with van der Waals surface area (Å²) in [6.07, 6.45) is 1.46. The van der Waals surface area contributed by atoms with Gasteiger partial charge < -0.3 is 29.5 Å². The third-order valence-electron chi connectivity index (χ3n) is 5.63. The van der Waals surface area contributed by atoms with Crippen molar-refractivity contribution in [2.75, 3.05) is 12.5 Å². The zero-order valence-electron chi connectivity index (χ0n) is 16.0. The number of alkyl halides is 1. The number of hydrogen-bond acceptors (Lipinski definition) is 8. The molecule has 3 aliphatic rings. The number of aliphatic hydroxyl groups is 3. The van der Waals surface area contributed by atoms with E-state index in [1.165, 1.54) is 6.92 Å². The fourth-order valence-electron chi connectivity index (χ4n) is 3.78. The predicted molar refractivity (Wildman–Crippen MR) is 97.0 cm³/mol. The Bertz CT molecular complexity index is 757. The van der Waals surface area contributed by atoms with Gasteiger partial charge in [0, 0.05) is 17.9 Å². The fourth-order valence-corrected chi connectivity index (χ4v) is 3.89. The third-order valence-corrected chi connectivity index (χ3v) is 6.15. The Kier molecular flexibility index (Phi) is 5.40. The predicted octanol–water partition coefficient (Wildman–Crippen LogP) is 0.915. The Morgan fingerprint density at radius 1 is 1.46 bits per heavy atom. The van der Waals surface area contributed by atoms with E-state index in [1.807, 2.05) is 0 Å². The van der Waals surface area contributed by atoms with Gasteiger partial charge in [-0.15, -0.1) is 11.6 Å². The van der Waals surface area contributed by atoms with Gasteiger partial charge in [-0.05, 0) is 32.8 Å². The number of aliphatic hydroxyl groups excluding tert-OH is 1. The van der Waals surface area contributed by atoms with Crippen LogP contribution in [0.4, 0.5) is 0 Å². The second-order valence-corrected chi connectivity index (χ2v) is 8.41. The van der Waals surface area contributed by atoms with E-state index in [-0.39, 0.29) is 29.2 Å². The molecule has 0 unspecified atom stereocenters. The lowest BCUT2D eigenvalue weighted by Gasteiger charge is -2.33. The summed E-state index contributed by atoms with van der Waals surface area (Å²) in [5.41, 5.74) is -2.64. The van der Waals surface area contributed by atoms with Crippen molar-refractivity contribution in [3.05, 3.63) is 23.0 Å². The zero-order chi connectivity index (χ0) is 20.9. The molecule has 1 saturated heterocycles. The minimum atomic E-state index is -1.94. The first-order valence-corrected chi connectivity index (χ1v) is 9.69. The van der Waals surface area contributed by atoms with Gasteiger partial charge in [0.2, 0.25) is 0 Å². The molecule has 0 aromatic carbocycles. The van der Waals surface area contributed by atoms with Gasteiger partial charge in [-0.3, -0.25) is 0 Å². The van der Waals surface area contributed by atoms with E-state index < -0.39 is 47.6 Å². The van der Waals surface area contributed by atoms with Crippen LogP contribution in [0.2, 0.25) is 0 Å². The van der Waals surface area contributed by atoms with Crippen LogP contribution < -0.4 is 0 Å². The molecular formula is C19H25ClO8. The summed E-state index contributed by atoms with van der Waals surface area (Å²) in [6.45, 7) is 4.11. The Labute approximate surface area is 167 Å². The molecule has 2 bridgehead atoms. The van der Waals surface area contributed by atoms with E-state index in [1.54, 1.807) is 19.9 Å². The monoisotopic (exact) mass is 416 g/mol. The number of halogens is 1. The first kappa shape index (κ1) is 21.3. The van der Waals surface area contributed by atoms with Crippen molar-refractivity contribution in [3.63, 3.8) is 0 Å². The van der Waals surface area contributed by atoms with Crippen LogP contribution in [0.15, 0.2) is 23.0 Å². The Morgan fingerprint density at radius 3 is 2.75 bits per heavy atom. The minimum Gasteiger partial charge on any atom is -0.455 e. The molecule has 5 atom stereocenters. The van der Waals surface area contributed by atoms with Crippen molar-refractivity contribution < 1.29 is 39.1 Å². The number of hydrogen-bond donors (Lipinski definition) is 3. The Balaban J connectivity index is 2.09. The zero-order valence-corrected chi connectivity index (χ0v) is 16.8. The summed E-state index contributed by atoms with van der Waals surface area (Å²) in [5.74, 6) is -3.91. The summed E-state index contributed by atoms with van der Waals surface area (Å²) in [4.78, 5) is 24.7. The molecule has 1 fully saturated rings. The first-order valence-electron chi connectivity index (χ1n) is 9.16. The first-order chi connectivity index (χ1) is 12.9. The molecular weight excluding hydrogens is 392 g/mol. The van der Waals surface area contributed by atoms with Crippen LogP contribution in [0.1, 0.15) is 40.0 Å². The standard InChI is InChI=1S/C19H25ClO8/c1-10-6-12(27-16(23)18(3,24)9-20)14-11(8-21)15(22)26-13(14)7-17(2)4-5-19(10,25)28-17/h7,10,12,21,24-25H,4-6,8-9H2,1-3H3/t10-,12+,17-,18+,19+/m1/s1. The largest absolute Gasteiger partial charge is 0.455 e. The number of esters is 2. The van der Waals surface area contributed by atoms with Crippen LogP contribution in [0.25, 0.3) is 0 Å². The number of carbonyl (C=O) groups excluding carboxylic acids is 2. The molecule has 0 spiro atoms. The van der Waals surface area contributed by atoms with Crippen molar-refractivity contribution >= 4 is 23.5 Å². The van der Waals surface area contributed by atoms with E-state index in [0.717, 1.165) is 0 Å². The lowest BCUT2D eigenvalue weighted by molar-refractivity contribution is -0.239. The summed E-state index contributed by atoms with van der Waals surface area (Å²) >= 11 is 5.65. The highest BCUT2D eigenvalue weighted by atomic mass is 35.5. The van der Waals surface area contributed by atoms with Gasteiger partial charge in [0.15, 0.2) is 11.4 Å². The molecule has 0 aromatic rings. The average molecular weight is 417 g/mol. The van der Waals surface area contributed by atoms with Crippen LogP contribution in [0.3, 0.4) is 0 Å². The van der Waals surface area contributed by atoms with Crippen LogP contribution >= 0.6 is 11.6 Å². The maximum absolute atomic E-state index is 12.4. The molecule has 3 aliphatic heterocycles. The van der Waals surface area contributed by atoms with Gasteiger partial charge in [-0.2, -0.15) is 0 Å². The average Bonchev–Trinajstić information content (AvgIpc) is 3.10. The molecule has 156 valence electrons. The molecule has 9 heteroatoms. The number of carbonyl (C=O) groups is 2. The van der Waals surface area contributed by atoms with Crippen molar-refractivity contribution in [2.45, 2.75) is 63.1 Å². The normalized spacial score (nSPS) is 37.2. The molecule has 0 saturated carbocycles. The summed E-state index contributed by atoms with van der Waals surface area (Å²) < 4.78 is 16.7. The van der Waals surface area contributed by atoms with Gasteiger partial charge in [-0.25, -0.2) is 9.59 Å².